The zero-order valence-electron chi connectivity index (χ0n) is 12.4. The van der Waals surface area contributed by atoms with Gasteiger partial charge in [0.1, 0.15) is 0 Å². The highest BCUT2D eigenvalue weighted by atomic mass is 16.2. The molecule has 1 atom stereocenters. The molecule has 0 unspecified atom stereocenters. The first kappa shape index (κ1) is 12.7. The molecular formula is C18H15N3O2. The molecule has 114 valence electrons. The molecule has 2 aromatic carbocycles. The highest BCUT2D eigenvalue weighted by Crippen LogP contribution is 2.49. The van der Waals surface area contributed by atoms with E-state index in [1.54, 1.807) is 4.90 Å². The standard InChI is InChI=1S/C18H15N3O2/c22-16-12-5-1-3-7-14(12)20-18(21(16)11-9-10-11)13-6-2-4-8-15(13)19-17(18)23/h1-8,11,20H,9-10H2,(H,19,23)/t18-/m1/s1. The zero-order chi connectivity index (χ0) is 15.6. The Kier molecular flexibility index (Phi) is 2.28. The van der Waals surface area contributed by atoms with Crippen LogP contribution in [0, 0.1) is 0 Å². The number of anilines is 2. The van der Waals surface area contributed by atoms with Gasteiger partial charge < -0.3 is 15.5 Å². The Balaban J connectivity index is 1.79. The molecule has 0 saturated heterocycles. The fraction of sp³-hybridized carbons (Fsp3) is 0.222. The van der Waals surface area contributed by atoms with Gasteiger partial charge in [0.05, 0.1) is 5.56 Å². The van der Waals surface area contributed by atoms with Gasteiger partial charge in [0, 0.05) is 23.0 Å². The summed E-state index contributed by atoms with van der Waals surface area (Å²) in [5.41, 5.74) is 1.79. The molecule has 2 amide bonds. The molecule has 2 N–H and O–H groups in total. The van der Waals surface area contributed by atoms with Crippen molar-refractivity contribution in [3.8, 4) is 0 Å². The SMILES string of the molecule is O=C1c2ccccc2N[C@@]2(C(=O)Nc3ccccc32)N1C1CC1. The van der Waals surface area contributed by atoms with Crippen molar-refractivity contribution in [1.29, 1.82) is 0 Å². The van der Waals surface area contributed by atoms with E-state index in [0.29, 0.717) is 11.3 Å². The molecule has 2 aliphatic heterocycles. The number of fused-ring (bicyclic) bond motifs is 3. The summed E-state index contributed by atoms with van der Waals surface area (Å²) in [4.78, 5) is 27.8. The highest BCUT2D eigenvalue weighted by molar-refractivity contribution is 6.14. The number of rotatable bonds is 1. The minimum atomic E-state index is -1.14. The minimum absolute atomic E-state index is 0.0753. The smallest absolute Gasteiger partial charge is 0.276 e. The average Bonchev–Trinajstić information content (AvgIpc) is 3.35. The number of nitrogens with zero attached hydrogens (tertiary/aromatic N) is 1. The Morgan fingerprint density at radius 3 is 2.43 bits per heavy atom. The van der Waals surface area contributed by atoms with Gasteiger partial charge in [-0.25, -0.2) is 0 Å². The molecule has 3 aliphatic rings. The number of amides is 2. The molecular weight excluding hydrogens is 290 g/mol. The van der Waals surface area contributed by atoms with Gasteiger partial charge >= 0.3 is 0 Å². The number of nitrogens with one attached hydrogen (secondary N) is 2. The first-order chi connectivity index (χ1) is 11.2. The van der Waals surface area contributed by atoms with Crippen molar-refractivity contribution in [2.45, 2.75) is 24.5 Å². The topological polar surface area (TPSA) is 61.4 Å². The fourth-order valence-corrected chi connectivity index (χ4v) is 3.69. The van der Waals surface area contributed by atoms with E-state index < -0.39 is 5.66 Å². The Bertz CT molecular complexity index is 859. The first-order valence-electron chi connectivity index (χ1n) is 7.83. The van der Waals surface area contributed by atoms with Crippen molar-refractivity contribution >= 4 is 23.2 Å². The maximum absolute atomic E-state index is 13.1. The van der Waals surface area contributed by atoms with Gasteiger partial charge in [-0.2, -0.15) is 0 Å². The maximum Gasteiger partial charge on any atom is 0.276 e. The third-order valence-corrected chi connectivity index (χ3v) is 4.86. The molecule has 2 heterocycles. The van der Waals surface area contributed by atoms with Gasteiger partial charge in [0.25, 0.3) is 11.8 Å². The number of carbonyl (C=O) groups is 2. The van der Waals surface area contributed by atoms with Crippen LogP contribution in [0.2, 0.25) is 0 Å². The van der Waals surface area contributed by atoms with Crippen LogP contribution in [-0.4, -0.2) is 22.8 Å². The van der Waals surface area contributed by atoms with Crippen LogP contribution in [0.25, 0.3) is 0 Å². The van der Waals surface area contributed by atoms with Crippen molar-refractivity contribution in [3.63, 3.8) is 0 Å². The van der Waals surface area contributed by atoms with Crippen molar-refractivity contribution in [1.82, 2.24) is 4.90 Å². The summed E-state index contributed by atoms with van der Waals surface area (Å²) in [5, 5.41) is 6.30. The van der Waals surface area contributed by atoms with E-state index in [0.717, 1.165) is 24.1 Å². The quantitative estimate of drug-likeness (QED) is 0.851. The largest absolute Gasteiger partial charge is 0.350 e. The van der Waals surface area contributed by atoms with E-state index >= 15 is 0 Å². The van der Waals surface area contributed by atoms with Gasteiger partial charge in [-0.1, -0.05) is 30.3 Å². The molecule has 5 rings (SSSR count). The van der Waals surface area contributed by atoms with E-state index in [-0.39, 0.29) is 17.9 Å². The second-order valence-electron chi connectivity index (χ2n) is 6.29. The van der Waals surface area contributed by atoms with Crippen LogP contribution in [0.4, 0.5) is 11.4 Å². The molecule has 23 heavy (non-hydrogen) atoms. The predicted molar refractivity (Wildman–Crippen MR) is 86.0 cm³/mol. The molecule has 1 saturated carbocycles. The van der Waals surface area contributed by atoms with Crippen LogP contribution in [-0.2, 0) is 10.5 Å². The first-order valence-corrected chi connectivity index (χ1v) is 7.83. The van der Waals surface area contributed by atoms with Crippen molar-refractivity contribution in [3.05, 3.63) is 59.7 Å². The van der Waals surface area contributed by atoms with E-state index in [9.17, 15) is 9.59 Å². The molecule has 2 aromatic rings. The van der Waals surface area contributed by atoms with Crippen LogP contribution in [0.15, 0.2) is 48.5 Å². The molecule has 0 radical (unpaired) electrons. The molecule has 0 aromatic heterocycles. The molecule has 5 heteroatoms. The summed E-state index contributed by atoms with van der Waals surface area (Å²) < 4.78 is 0. The van der Waals surface area contributed by atoms with E-state index in [1.165, 1.54) is 0 Å². The van der Waals surface area contributed by atoms with Gasteiger partial charge in [-0.3, -0.25) is 9.59 Å². The average molecular weight is 305 g/mol. The molecule has 0 bridgehead atoms. The lowest BCUT2D eigenvalue weighted by Crippen LogP contribution is -2.62. The number of para-hydroxylation sites is 2. The van der Waals surface area contributed by atoms with Crippen molar-refractivity contribution in [2.24, 2.45) is 0 Å². The molecule has 1 aliphatic carbocycles. The van der Waals surface area contributed by atoms with Gasteiger partial charge in [-0.05, 0) is 31.0 Å². The van der Waals surface area contributed by atoms with Crippen LogP contribution in [0.1, 0.15) is 28.8 Å². The Morgan fingerprint density at radius 1 is 0.957 bits per heavy atom. The summed E-state index contributed by atoms with van der Waals surface area (Å²) in [6.45, 7) is 0. The summed E-state index contributed by atoms with van der Waals surface area (Å²) in [7, 11) is 0. The number of hydrogen-bond donors (Lipinski definition) is 2. The number of benzene rings is 2. The third kappa shape index (κ3) is 1.51. The number of carbonyl (C=O) groups excluding carboxylic acids is 2. The van der Waals surface area contributed by atoms with E-state index in [4.69, 9.17) is 0 Å². The summed E-state index contributed by atoms with van der Waals surface area (Å²) in [6.07, 6.45) is 1.87. The predicted octanol–water partition coefficient (Wildman–Crippen LogP) is 2.52. The molecule has 1 fully saturated rings. The number of hydrogen-bond acceptors (Lipinski definition) is 3. The lowest BCUT2D eigenvalue weighted by Gasteiger charge is -2.44. The van der Waals surface area contributed by atoms with E-state index in [2.05, 4.69) is 10.6 Å². The Hall–Kier alpha value is -2.82. The van der Waals surface area contributed by atoms with Crippen LogP contribution >= 0.6 is 0 Å². The van der Waals surface area contributed by atoms with Crippen LogP contribution < -0.4 is 10.6 Å². The summed E-state index contributed by atoms with van der Waals surface area (Å²) >= 11 is 0. The fourth-order valence-electron chi connectivity index (χ4n) is 3.69. The summed E-state index contributed by atoms with van der Waals surface area (Å²) in [5.74, 6) is -0.262. The Labute approximate surface area is 133 Å². The Morgan fingerprint density at radius 2 is 1.65 bits per heavy atom. The minimum Gasteiger partial charge on any atom is -0.350 e. The van der Waals surface area contributed by atoms with Gasteiger partial charge in [0.2, 0.25) is 5.66 Å². The second-order valence-corrected chi connectivity index (χ2v) is 6.29. The van der Waals surface area contributed by atoms with Crippen molar-refractivity contribution < 1.29 is 9.59 Å². The normalized spacial score (nSPS) is 25.0. The van der Waals surface area contributed by atoms with Gasteiger partial charge in [0.15, 0.2) is 0 Å². The second kappa shape index (κ2) is 4.13. The summed E-state index contributed by atoms with van der Waals surface area (Å²) in [6, 6.07) is 15.1. The lowest BCUT2D eigenvalue weighted by atomic mass is 9.93. The van der Waals surface area contributed by atoms with Crippen LogP contribution in [0.5, 0.6) is 0 Å². The maximum atomic E-state index is 13.1. The lowest BCUT2D eigenvalue weighted by molar-refractivity contribution is -0.125. The molecule has 1 spiro atoms. The molecule has 5 nitrogen and oxygen atoms in total. The zero-order valence-corrected chi connectivity index (χ0v) is 12.4. The third-order valence-electron chi connectivity index (χ3n) is 4.86. The monoisotopic (exact) mass is 305 g/mol. The highest BCUT2D eigenvalue weighted by Gasteiger charge is 2.59. The van der Waals surface area contributed by atoms with E-state index in [1.807, 2.05) is 48.5 Å². The van der Waals surface area contributed by atoms with Crippen molar-refractivity contribution in [2.75, 3.05) is 10.6 Å². The van der Waals surface area contributed by atoms with Gasteiger partial charge in [-0.15, -0.1) is 0 Å². The van der Waals surface area contributed by atoms with Crippen LogP contribution in [0.3, 0.4) is 0 Å².